The molecule has 154 valence electrons. The zero-order valence-corrected chi connectivity index (χ0v) is 16.3. The van der Waals surface area contributed by atoms with Crippen LogP contribution in [0.2, 0.25) is 0 Å². The summed E-state index contributed by atoms with van der Waals surface area (Å²) in [7, 11) is 0. The Morgan fingerprint density at radius 3 is 2.43 bits per heavy atom. The van der Waals surface area contributed by atoms with Crippen molar-refractivity contribution in [2.45, 2.75) is 6.92 Å². The number of aromatic nitrogens is 3. The third-order valence-electron chi connectivity index (χ3n) is 5.00. The Kier molecular flexibility index (Phi) is 5.38. The number of piperazine rings is 1. The lowest BCUT2D eigenvalue weighted by atomic mass is 10.2. The van der Waals surface area contributed by atoms with Gasteiger partial charge in [0.1, 0.15) is 18.0 Å². The van der Waals surface area contributed by atoms with E-state index in [4.69, 9.17) is 0 Å². The van der Waals surface area contributed by atoms with Gasteiger partial charge in [-0.2, -0.15) is 0 Å². The number of nitro groups is 1. The van der Waals surface area contributed by atoms with Crippen LogP contribution in [0.4, 0.5) is 33.2 Å². The fraction of sp³-hybridized carbons (Fsp3) is 0.250. The topological polar surface area (TPSA) is 100 Å². The van der Waals surface area contributed by atoms with Crippen molar-refractivity contribution in [3.8, 4) is 0 Å². The van der Waals surface area contributed by atoms with Gasteiger partial charge in [-0.15, -0.1) is 0 Å². The van der Waals surface area contributed by atoms with Crippen LogP contribution in [0.3, 0.4) is 0 Å². The van der Waals surface area contributed by atoms with Crippen molar-refractivity contribution in [1.82, 2.24) is 15.0 Å². The van der Waals surface area contributed by atoms with Crippen molar-refractivity contribution in [2.24, 2.45) is 0 Å². The third kappa shape index (κ3) is 3.84. The largest absolute Gasteiger partial charge is 0.366 e. The van der Waals surface area contributed by atoms with Gasteiger partial charge in [-0.05, 0) is 30.7 Å². The first-order valence-electron chi connectivity index (χ1n) is 9.47. The zero-order chi connectivity index (χ0) is 21.1. The third-order valence-corrected chi connectivity index (χ3v) is 5.00. The monoisotopic (exact) mass is 409 g/mol. The summed E-state index contributed by atoms with van der Waals surface area (Å²) in [6.45, 7) is 3.82. The van der Waals surface area contributed by atoms with Gasteiger partial charge in [-0.25, -0.2) is 19.3 Å². The summed E-state index contributed by atoms with van der Waals surface area (Å²) < 4.78 is 14.1. The number of para-hydroxylation sites is 1. The van der Waals surface area contributed by atoms with Crippen LogP contribution >= 0.6 is 0 Å². The molecule has 2 aromatic heterocycles. The molecule has 0 spiro atoms. The SMILES string of the molecule is Cc1cccnc1Nc1ncnc(N2CCN(c3ccccc3F)CC2)c1[N+](=O)[O-]. The Hall–Kier alpha value is -3.82. The van der Waals surface area contributed by atoms with E-state index in [9.17, 15) is 14.5 Å². The first-order chi connectivity index (χ1) is 14.5. The van der Waals surface area contributed by atoms with Crippen LogP contribution < -0.4 is 15.1 Å². The van der Waals surface area contributed by atoms with E-state index in [0.29, 0.717) is 37.7 Å². The molecule has 3 heterocycles. The fourth-order valence-electron chi connectivity index (χ4n) is 3.46. The molecule has 0 radical (unpaired) electrons. The van der Waals surface area contributed by atoms with Crippen LogP contribution in [-0.4, -0.2) is 46.1 Å². The van der Waals surface area contributed by atoms with E-state index in [1.165, 1.54) is 12.4 Å². The van der Waals surface area contributed by atoms with Gasteiger partial charge in [-0.3, -0.25) is 10.1 Å². The second-order valence-corrected chi connectivity index (χ2v) is 6.87. The van der Waals surface area contributed by atoms with Crippen LogP contribution in [0.1, 0.15) is 5.56 Å². The summed E-state index contributed by atoms with van der Waals surface area (Å²) >= 11 is 0. The lowest BCUT2D eigenvalue weighted by Gasteiger charge is -2.36. The molecule has 1 aromatic carbocycles. The fourth-order valence-corrected chi connectivity index (χ4v) is 3.46. The van der Waals surface area contributed by atoms with Crippen molar-refractivity contribution >= 4 is 28.8 Å². The maximum atomic E-state index is 14.1. The Bertz CT molecular complexity index is 1070. The van der Waals surface area contributed by atoms with Gasteiger partial charge < -0.3 is 15.1 Å². The number of hydrogen-bond acceptors (Lipinski definition) is 8. The number of anilines is 4. The van der Waals surface area contributed by atoms with Crippen LogP contribution in [0.15, 0.2) is 48.9 Å². The molecule has 1 fully saturated rings. The number of hydrogen-bond donors (Lipinski definition) is 1. The van der Waals surface area contributed by atoms with E-state index in [1.807, 2.05) is 22.8 Å². The predicted molar refractivity (Wildman–Crippen MR) is 112 cm³/mol. The van der Waals surface area contributed by atoms with Crippen LogP contribution in [0.25, 0.3) is 0 Å². The molecule has 1 N–H and O–H groups in total. The highest BCUT2D eigenvalue weighted by molar-refractivity contribution is 5.74. The normalized spacial score (nSPS) is 13.9. The Morgan fingerprint density at radius 1 is 1.00 bits per heavy atom. The van der Waals surface area contributed by atoms with Crippen molar-refractivity contribution in [3.05, 3.63) is 70.4 Å². The average Bonchev–Trinajstić information content (AvgIpc) is 2.75. The van der Waals surface area contributed by atoms with Crippen molar-refractivity contribution in [2.75, 3.05) is 41.3 Å². The van der Waals surface area contributed by atoms with Gasteiger partial charge >= 0.3 is 5.69 Å². The summed E-state index contributed by atoms with van der Waals surface area (Å²) in [5.41, 5.74) is 1.16. The summed E-state index contributed by atoms with van der Waals surface area (Å²) in [5.74, 6) is 0.536. The van der Waals surface area contributed by atoms with Gasteiger partial charge in [0, 0.05) is 32.4 Å². The maximum Gasteiger partial charge on any atom is 0.353 e. The molecule has 0 unspecified atom stereocenters. The van der Waals surface area contributed by atoms with E-state index in [1.54, 1.807) is 30.5 Å². The molecule has 4 rings (SSSR count). The van der Waals surface area contributed by atoms with Crippen molar-refractivity contribution in [1.29, 1.82) is 0 Å². The highest BCUT2D eigenvalue weighted by Crippen LogP contribution is 2.34. The first kappa shape index (κ1) is 19.5. The molecule has 1 aliphatic heterocycles. The van der Waals surface area contributed by atoms with E-state index in [-0.39, 0.29) is 23.1 Å². The number of nitrogens with one attached hydrogen (secondary N) is 1. The minimum atomic E-state index is -0.487. The highest BCUT2D eigenvalue weighted by atomic mass is 19.1. The van der Waals surface area contributed by atoms with Gasteiger partial charge in [0.25, 0.3) is 0 Å². The molecule has 0 bridgehead atoms. The summed E-state index contributed by atoms with van der Waals surface area (Å²) in [6, 6.07) is 10.2. The van der Waals surface area contributed by atoms with E-state index < -0.39 is 4.92 Å². The smallest absolute Gasteiger partial charge is 0.353 e. The summed E-state index contributed by atoms with van der Waals surface area (Å²) in [6.07, 6.45) is 2.90. The molecular weight excluding hydrogens is 389 g/mol. The quantitative estimate of drug-likeness (QED) is 0.506. The average molecular weight is 409 g/mol. The van der Waals surface area contributed by atoms with Gasteiger partial charge in [-0.1, -0.05) is 18.2 Å². The number of pyridine rings is 1. The standard InChI is InChI=1S/C20H20FN7O2/c1-14-5-4-8-22-18(14)25-19-17(28(29)30)20(24-13-23-19)27-11-9-26(10-12-27)16-7-3-2-6-15(16)21/h2-8,13H,9-12H2,1H3,(H,22,23,24,25). The molecule has 10 heteroatoms. The molecule has 0 atom stereocenters. The number of rotatable bonds is 5. The molecule has 9 nitrogen and oxygen atoms in total. The first-order valence-corrected chi connectivity index (χ1v) is 9.47. The minimum absolute atomic E-state index is 0.0864. The van der Waals surface area contributed by atoms with Crippen molar-refractivity contribution in [3.63, 3.8) is 0 Å². The zero-order valence-electron chi connectivity index (χ0n) is 16.3. The number of nitrogens with zero attached hydrogens (tertiary/aromatic N) is 6. The van der Waals surface area contributed by atoms with E-state index >= 15 is 0 Å². The number of aryl methyl sites for hydroxylation is 1. The lowest BCUT2D eigenvalue weighted by Crippen LogP contribution is -2.47. The molecule has 0 amide bonds. The predicted octanol–water partition coefficient (Wildman–Crippen LogP) is 3.30. The van der Waals surface area contributed by atoms with Gasteiger partial charge in [0.05, 0.1) is 10.6 Å². The van der Waals surface area contributed by atoms with Gasteiger partial charge in [0.15, 0.2) is 0 Å². The molecular formula is C20H20FN7O2. The second-order valence-electron chi connectivity index (χ2n) is 6.87. The number of benzene rings is 1. The Morgan fingerprint density at radius 2 is 1.73 bits per heavy atom. The Labute approximate surface area is 172 Å². The summed E-state index contributed by atoms with van der Waals surface area (Å²) in [5, 5.41) is 14.8. The van der Waals surface area contributed by atoms with Crippen LogP contribution in [-0.2, 0) is 0 Å². The number of halogens is 1. The van der Waals surface area contributed by atoms with Crippen molar-refractivity contribution < 1.29 is 9.31 Å². The molecule has 0 aliphatic carbocycles. The molecule has 1 aliphatic rings. The molecule has 0 saturated carbocycles. The molecule has 30 heavy (non-hydrogen) atoms. The molecule has 1 saturated heterocycles. The highest BCUT2D eigenvalue weighted by Gasteiger charge is 2.30. The minimum Gasteiger partial charge on any atom is -0.366 e. The van der Waals surface area contributed by atoms with E-state index in [0.717, 1.165) is 5.56 Å². The lowest BCUT2D eigenvalue weighted by molar-refractivity contribution is -0.383. The summed E-state index contributed by atoms with van der Waals surface area (Å²) in [4.78, 5) is 27.6. The maximum absolute atomic E-state index is 14.1. The van der Waals surface area contributed by atoms with E-state index in [2.05, 4.69) is 20.3 Å². The molecule has 3 aromatic rings. The van der Waals surface area contributed by atoms with Crippen LogP contribution in [0, 0.1) is 22.9 Å². The second kappa shape index (κ2) is 8.27. The Balaban J connectivity index is 1.58. The van der Waals surface area contributed by atoms with Gasteiger partial charge in [0.2, 0.25) is 11.6 Å². The van der Waals surface area contributed by atoms with Crippen LogP contribution in [0.5, 0.6) is 0 Å².